The topological polar surface area (TPSA) is 64.3 Å². The Morgan fingerprint density at radius 1 is 1.42 bits per heavy atom. The molecule has 0 fully saturated rings. The van der Waals surface area contributed by atoms with E-state index in [1.165, 1.54) is 0 Å². The van der Waals surface area contributed by atoms with Crippen LogP contribution in [0.3, 0.4) is 0 Å². The van der Waals surface area contributed by atoms with Gasteiger partial charge in [0, 0.05) is 6.54 Å². The van der Waals surface area contributed by atoms with Crippen LogP contribution >= 0.6 is 0 Å². The number of carbonyl (C=O) groups is 1. The first-order valence-corrected chi connectivity index (χ1v) is 5.57. The van der Waals surface area contributed by atoms with Crippen LogP contribution in [-0.2, 0) is 11.3 Å². The summed E-state index contributed by atoms with van der Waals surface area (Å²) in [5.74, 6) is -0.389. The summed E-state index contributed by atoms with van der Waals surface area (Å²) in [7, 11) is 0. The van der Waals surface area contributed by atoms with Gasteiger partial charge in [-0.1, -0.05) is 12.1 Å². The Hall–Kier alpha value is -1.76. The molecule has 1 rings (SSSR count). The standard InChI is InChI=1S/C12H15F3N2O2/c1-8-2-3-9(5-16)4-10(8)19-6-11(18)17-7-12(13,14)15/h2-4H,5-7,16H2,1H3,(H,17,18). The molecule has 1 amide bonds. The number of hydrogen-bond donors (Lipinski definition) is 2. The number of halogens is 3. The third-order valence-corrected chi connectivity index (χ3v) is 2.33. The van der Waals surface area contributed by atoms with E-state index >= 15 is 0 Å². The first-order chi connectivity index (χ1) is 8.81. The minimum Gasteiger partial charge on any atom is -0.483 e. The Balaban J connectivity index is 2.50. The van der Waals surface area contributed by atoms with Gasteiger partial charge in [0.1, 0.15) is 12.3 Å². The largest absolute Gasteiger partial charge is 0.483 e. The minimum atomic E-state index is -4.43. The Morgan fingerprint density at radius 2 is 2.11 bits per heavy atom. The van der Waals surface area contributed by atoms with Gasteiger partial charge in [0.05, 0.1) is 0 Å². The van der Waals surface area contributed by atoms with E-state index in [-0.39, 0.29) is 0 Å². The molecule has 0 saturated carbocycles. The first kappa shape index (κ1) is 15.3. The zero-order valence-corrected chi connectivity index (χ0v) is 10.4. The third kappa shape index (κ3) is 5.60. The molecule has 0 aromatic heterocycles. The van der Waals surface area contributed by atoms with Crippen molar-refractivity contribution in [3.8, 4) is 5.75 Å². The van der Waals surface area contributed by atoms with E-state index in [1.807, 2.05) is 6.07 Å². The molecule has 1 aromatic carbocycles. The molecule has 0 heterocycles. The maximum Gasteiger partial charge on any atom is 0.405 e. The van der Waals surface area contributed by atoms with Gasteiger partial charge in [0.25, 0.3) is 5.91 Å². The minimum absolute atomic E-state index is 0.316. The van der Waals surface area contributed by atoms with Crippen LogP contribution in [-0.4, -0.2) is 25.2 Å². The van der Waals surface area contributed by atoms with E-state index in [0.717, 1.165) is 11.1 Å². The summed E-state index contributed by atoms with van der Waals surface area (Å²) in [6.07, 6.45) is -4.43. The van der Waals surface area contributed by atoms with Gasteiger partial charge in [-0.15, -0.1) is 0 Å². The molecule has 0 unspecified atom stereocenters. The molecule has 4 nitrogen and oxygen atoms in total. The van der Waals surface area contributed by atoms with Crippen molar-refractivity contribution >= 4 is 5.91 Å². The summed E-state index contributed by atoms with van der Waals surface area (Å²) in [5.41, 5.74) is 7.06. The van der Waals surface area contributed by atoms with E-state index in [2.05, 4.69) is 0 Å². The van der Waals surface area contributed by atoms with Crippen molar-refractivity contribution in [3.05, 3.63) is 29.3 Å². The number of nitrogens with one attached hydrogen (secondary N) is 1. The second kappa shape index (κ2) is 6.42. The molecule has 106 valence electrons. The first-order valence-electron chi connectivity index (χ1n) is 5.57. The molecule has 0 saturated heterocycles. The van der Waals surface area contributed by atoms with Crippen molar-refractivity contribution in [1.82, 2.24) is 5.32 Å². The fourth-order valence-corrected chi connectivity index (χ4v) is 1.32. The highest BCUT2D eigenvalue weighted by Crippen LogP contribution is 2.19. The highest BCUT2D eigenvalue weighted by molar-refractivity contribution is 5.77. The van der Waals surface area contributed by atoms with Crippen molar-refractivity contribution in [2.45, 2.75) is 19.6 Å². The molecule has 0 aliphatic carbocycles. The third-order valence-electron chi connectivity index (χ3n) is 2.33. The molecular formula is C12H15F3N2O2. The second-order valence-electron chi connectivity index (χ2n) is 3.98. The molecule has 3 N–H and O–H groups in total. The van der Waals surface area contributed by atoms with Gasteiger partial charge in [-0.25, -0.2) is 0 Å². The van der Waals surface area contributed by atoms with Crippen LogP contribution in [0.25, 0.3) is 0 Å². The Bertz CT molecular complexity index is 447. The Morgan fingerprint density at radius 3 is 2.68 bits per heavy atom. The van der Waals surface area contributed by atoms with Crippen molar-refractivity contribution < 1.29 is 22.7 Å². The number of carbonyl (C=O) groups excluding carboxylic acids is 1. The summed E-state index contributed by atoms with van der Waals surface area (Å²) >= 11 is 0. The fraction of sp³-hybridized carbons (Fsp3) is 0.417. The number of benzene rings is 1. The predicted molar refractivity (Wildman–Crippen MR) is 63.6 cm³/mol. The molecule has 0 atom stereocenters. The maximum atomic E-state index is 11.9. The molecule has 7 heteroatoms. The van der Waals surface area contributed by atoms with Crippen molar-refractivity contribution in [1.29, 1.82) is 0 Å². The summed E-state index contributed by atoms with van der Waals surface area (Å²) in [5, 5.41) is 1.73. The van der Waals surface area contributed by atoms with E-state index < -0.39 is 25.2 Å². The van der Waals surface area contributed by atoms with Crippen molar-refractivity contribution in [3.63, 3.8) is 0 Å². The van der Waals surface area contributed by atoms with Crippen LogP contribution in [0.1, 0.15) is 11.1 Å². The van der Waals surface area contributed by atoms with Crippen LogP contribution in [0.2, 0.25) is 0 Å². The van der Waals surface area contributed by atoms with Crippen LogP contribution in [0.5, 0.6) is 5.75 Å². The lowest BCUT2D eigenvalue weighted by atomic mass is 10.1. The van der Waals surface area contributed by atoms with Crippen LogP contribution in [0, 0.1) is 6.92 Å². The molecular weight excluding hydrogens is 261 g/mol. The van der Waals surface area contributed by atoms with Gasteiger partial charge < -0.3 is 15.8 Å². The van der Waals surface area contributed by atoms with Gasteiger partial charge in [0.15, 0.2) is 6.61 Å². The molecule has 0 radical (unpaired) electrons. The number of aryl methyl sites for hydroxylation is 1. The quantitative estimate of drug-likeness (QED) is 0.856. The highest BCUT2D eigenvalue weighted by atomic mass is 19.4. The summed E-state index contributed by atoms with van der Waals surface area (Å²) in [6.45, 7) is 0.252. The number of rotatable bonds is 5. The number of ether oxygens (including phenoxy) is 1. The summed E-state index contributed by atoms with van der Waals surface area (Å²) in [6, 6.07) is 5.24. The van der Waals surface area contributed by atoms with Gasteiger partial charge in [-0.05, 0) is 24.1 Å². The molecule has 19 heavy (non-hydrogen) atoms. The van der Waals surface area contributed by atoms with E-state index in [4.69, 9.17) is 10.5 Å². The van der Waals surface area contributed by atoms with Gasteiger partial charge >= 0.3 is 6.18 Å². The number of hydrogen-bond acceptors (Lipinski definition) is 3. The normalized spacial score (nSPS) is 11.2. The maximum absolute atomic E-state index is 11.9. The number of alkyl halides is 3. The monoisotopic (exact) mass is 276 g/mol. The smallest absolute Gasteiger partial charge is 0.405 e. The van der Waals surface area contributed by atoms with Crippen LogP contribution in [0.15, 0.2) is 18.2 Å². The average Bonchev–Trinajstić information content (AvgIpc) is 2.34. The molecule has 0 spiro atoms. The lowest BCUT2D eigenvalue weighted by Gasteiger charge is -2.11. The zero-order chi connectivity index (χ0) is 14.5. The molecule has 0 bridgehead atoms. The lowest BCUT2D eigenvalue weighted by Crippen LogP contribution is -2.36. The molecule has 1 aromatic rings. The fourth-order valence-electron chi connectivity index (χ4n) is 1.32. The predicted octanol–water partition coefficient (Wildman–Crippen LogP) is 1.51. The van der Waals surface area contributed by atoms with Gasteiger partial charge in [-0.3, -0.25) is 4.79 Å². The zero-order valence-electron chi connectivity index (χ0n) is 10.4. The van der Waals surface area contributed by atoms with E-state index in [0.29, 0.717) is 12.3 Å². The van der Waals surface area contributed by atoms with E-state index in [1.54, 1.807) is 24.4 Å². The lowest BCUT2D eigenvalue weighted by molar-refractivity contribution is -0.139. The van der Waals surface area contributed by atoms with Gasteiger partial charge in [-0.2, -0.15) is 13.2 Å². The van der Waals surface area contributed by atoms with Crippen molar-refractivity contribution in [2.24, 2.45) is 5.73 Å². The SMILES string of the molecule is Cc1ccc(CN)cc1OCC(=O)NCC(F)(F)F. The van der Waals surface area contributed by atoms with Crippen LogP contribution in [0.4, 0.5) is 13.2 Å². The Kier molecular flexibility index (Phi) is 5.17. The summed E-state index contributed by atoms with van der Waals surface area (Å²) < 4.78 is 40.8. The van der Waals surface area contributed by atoms with Gasteiger partial charge in [0.2, 0.25) is 0 Å². The molecule has 0 aliphatic rings. The second-order valence-corrected chi connectivity index (χ2v) is 3.98. The molecule has 0 aliphatic heterocycles. The van der Waals surface area contributed by atoms with E-state index in [9.17, 15) is 18.0 Å². The number of nitrogens with two attached hydrogens (primary N) is 1. The number of amides is 1. The Labute approximate surface area is 108 Å². The summed E-state index contributed by atoms with van der Waals surface area (Å²) in [4.78, 5) is 11.2. The highest BCUT2D eigenvalue weighted by Gasteiger charge is 2.27. The van der Waals surface area contributed by atoms with Crippen LogP contribution < -0.4 is 15.8 Å². The average molecular weight is 276 g/mol. The van der Waals surface area contributed by atoms with Crippen molar-refractivity contribution in [2.75, 3.05) is 13.2 Å².